The van der Waals surface area contributed by atoms with Crippen LogP contribution in [-0.4, -0.2) is 17.8 Å². The van der Waals surface area contributed by atoms with E-state index in [9.17, 15) is 0 Å². The smallest absolute Gasteiger partial charge is 0.0861 e. The van der Waals surface area contributed by atoms with Gasteiger partial charge in [-0.25, -0.2) is 5.90 Å². The van der Waals surface area contributed by atoms with Gasteiger partial charge in [-0.2, -0.15) is 0 Å². The van der Waals surface area contributed by atoms with Crippen LogP contribution >= 0.6 is 0 Å². The summed E-state index contributed by atoms with van der Waals surface area (Å²) < 4.78 is 0. The molecule has 1 unspecified atom stereocenters. The molecule has 8 heavy (non-hydrogen) atoms. The number of hydrogen-bond donors (Lipinski definition) is 2. The summed E-state index contributed by atoms with van der Waals surface area (Å²) in [7, 11) is 0. The van der Waals surface area contributed by atoms with Crippen molar-refractivity contribution in [2.75, 3.05) is 6.61 Å². The van der Waals surface area contributed by atoms with Crippen molar-refractivity contribution < 1.29 is 9.94 Å². The van der Waals surface area contributed by atoms with E-state index in [0.29, 0.717) is 6.61 Å². The molecule has 0 aliphatic rings. The number of rotatable bonds is 3. The molecule has 0 aliphatic carbocycles. The van der Waals surface area contributed by atoms with Gasteiger partial charge in [0.1, 0.15) is 0 Å². The van der Waals surface area contributed by atoms with Gasteiger partial charge in [0.25, 0.3) is 0 Å². The van der Waals surface area contributed by atoms with E-state index >= 15 is 0 Å². The maximum atomic E-state index is 8.60. The van der Waals surface area contributed by atoms with Crippen molar-refractivity contribution in [2.24, 2.45) is 5.90 Å². The van der Waals surface area contributed by atoms with E-state index in [0.717, 1.165) is 0 Å². The quantitative estimate of drug-likeness (QED) is 0.398. The molecular formula is C5H11NO2. The van der Waals surface area contributed by atoms with Crippen LogP contribution < -0.4 is 5.90 Å². The molecule has 0 aromatic rings. The molecule has 0 radical (unpaired) electrons. The maximum Gasteiger partial charge on any atom is 0.0861 e. The summed E-state index contributed by atoms with van der Waals surface area (Å²) in [4.78, 5) is 4.19. The minimum Gasteiger partial charge on any atom is -0.389 e. The Bertz CT molecular complexity index is 70.8. The molecule has 3 heteroatoms. The van der Waals surface area contributed by atoms with Gasteiger partial charge >= 0.3 is 0 Å². The molecule has 0 aromatic carbocycles. The first kappa shape index (κ1) is 7.62. The van der Waals surface area contributed by atoms with Gasteiger partial charge in [0.2, 0.25) is 0 Å². The molecule has 48 valence electrons. The van der Waals surface area contributed by atoms with Crippen LogP contribution in [0.25, 0.3) is 0 Å². The molecule has 0 bridgehead atoms. The topological polar surface area (TPSA) is 55.5 Å². The molecule has 3 nitrogen and oxygen atoms in total. The lowest BCUT2D eigenvalue weighted by Gasteiger charge is -1.91. The number of aliphatic hydroxyl groups excluding tert-OH is 1. The van der Waals surface area contributed by atoms with E-state index in [4.69, 9.17) is 5.11 Å². The summed E-state index contributed by atoms with van der Waals surface area (Å²) in [5.74, 6) is 4.68. The molecule has 0 rings (SSSR count). The molecular weight excluding hydrogens is 106 g/mol. The predicted molar refractivity (Wildman–Crippen MR) is 31.0 cm³/mol. The van der Waals surface area contributed by atoms with Crippen LogP contribution in [0.3, 0.4) is 0 Å². The van der Waals surface area contributed by atoms with E-state index in [1.54, 1.807) is 19.1 Å². The Morgan fingerprint density at radius 1 is 1.88 bits per heavy atom. The second-order valence-corrected chi connectivity index (χ2v) is 1.50. The lowest BCUT2D eigenvalue weighted by atomic mass is 10.4. The summed E-state index contributed by atoms with van der Waals surface area (Å²) in [6, 6.07) is 0. The average molecular weight is 117 g/mol. The minimum absolute atomic E-state index is 0.352. The SMILES string of the molecule is CC(O)/C=C/CON. The first-order valence-corrected chi connectivity index (χ1v) is 2.43. The Morgan fingerprint density at radius 3 is 2.88 bits per heavy atom. The van der Waals surface area contributed by atoms with Gasteiger partial charge in [-0.3, -0.25) is 0 Å². The second-order valence-electron chi connectivity index (χ2n) is 1.50. The monoisotopic (exact) mass is 117 g/mol. The zero-order valence-electron chi connectivity index (χ0n) is 4.87. The third-order valence-corrected chi connectivity index (χ3v) is 0.607. The van der Waals surface area contributed by atoms with Crippen molar-refractivity contribution in [2.45, 2.75) is 13.0 Å². The summed E-state index contributed by atoms with van der Waals surface area (Å²) in [5.41, 5.74) is 0. The minimum atomic E-state index is -0.412. The summed E-state index contributed by atoms with van der Waals surface area (Å²) in [6.45, 7) is 2.01. The number of nitrogens with two attached hydrogens (primary N) is 1. The molecule has 0 spiro atoms. The van der Waals surface area contributed by atoms with Gasteiger partial charge in [-0.15, -0.1) is 0 Å². The van der Waals surface area contributed by atoms with E-state index in [1.807, 2.05) is 0 Å². The summed E-state index contributed by atoms with van der Waals surface area (Å²) in [6.07, 6.45) is 2.85. The Hall–Kier alpha value is -0.380. The Balaban J connectivity index is 3.07. The predicted octanol–water partition coefficient (Wildman–Crippen LogP) is -0.186. The lowest BCUT2D eigenvalue weighted by molar-refractivity contribution is 0.166. The van der Waals surface area contributed by atoms with E-state index < -0.39 is 6.10 Å². The van der Waals surface area contributed by atoms with Crippen molar-refractivity contribution in [3.05, 3.63) is 12.2 Å². The van der Waals surface area contributed by atoms with Gasteiger partial charge in [-0.1, -0.05) is 12.2 Å². The molecule has 0 heterocycles. The van der Waals surface area contributed by atoms with Crippen LogP contribution in [0.15, 0.2) is 12.2 Å². The van der Waals surface area contributed by atoms with Crippen molar-refractivity contribution in [1.82, 2.24) is 0 Å². The third kappa shape index (κ3) is 5.62. The molecule has 0 fully saturated rings. The van der Waals surface area contributed by atoms with E-state index in [2.05, 4.69) is 10.7 Å². The summed E-state index contributed by atoms with van der Waals surface area (Å²) >= 11 is 0. The highest BCUT2D eigenvalue weighted by Crippen LogP contribution is 1.80. The Kier molecular flexibility index (Phi) is 4.54. The van der Waals surface area contributed by atoms with Gasteiger partial charge in [0.05, 0.1) is 12.7 Å². The summed E-state index contributed by atoms with van der Waals surface area (Å²) in [5, 5.41) is 8.60. The molecule has 0 aliphatic heterocycles. The van der Waals surface area contributed by atoms with Gasteiger partial charge in [0.15, 0.2) is 0 Å². The number of aliphatic hydroxyl groups is 1. The molecule has 0 saturated heterocycles. The van der Waals surface area contributed by atoms with E-state index in [1.165, 1.54) is 0 Å². The van der Waals surface area contributed by atoms with Gasteiger partial charge < -0.3 is 9.94 Å². The molecule has 0 amide bonds. The second kappa shape index (κ2) is 4.77. The van der Waals surface area contributed by atoms with Crippen molar-refractivity contribution in [3.8, 4) is 0 Å². The molecule has 3 N–H and O–H groups in total. The Labute approximate surface area is 48.7 Å². The van der Waals surface area contributed by atoms with Crippen LogP contribution in [-0.2, 0) is 4.84 Å². The highest BCUT2D eigenvalue weighted by atomic mass is 16.6. The highest BCUT2D eigenvalue weighted by Gasteiger charge is 1.81. The van der Waals surface area contributed by atoms with Crippen molar-refractivity contribution in [3.63, 3.8) is 0 Å². The van der Waals surface area contributed by atoms with Gasteiger partial charge in [-0.05, 0) is 6.92 Å². The molecule has 0 saturated carbocycles. The van der Waals surface area contributed by atoms with Crippen LogP contribution in [0, 0.1) is 0 Å². The molecule has 0 aromatic heterocycles. The first-order valence-electron chi connectivity index (χ1n) is 2.43. The van der Waals surface area contributed by atoms with Crippen LogP contribution in [0.2, 0.25) is 0 Å². The fraction of sp³-hybridized carbons (Fsp3) is 0.600. The zero-order chi connectivity index (χ0) is 6.41. The van der Waals surface area contributed by atoms with Crippen LogP contribution in [0.1, 0.15) is 6.92 Å². The van der Waals surface area contributed by atoms with Gasteiger partial charge in [0, 0.05) is 0 Å². The Morgan fingerprint density at radius 2 is 2.50 bits per heavy atom. The van der Waals surface area contributed by atoms with Crippen molar-refractivity contribution >= 4 is 0 Å². The normalized spacial score (nSPS) is 14.9. The molecule has 1 atom stereocenters. The zero-order valence-corrected chi connectivity index (χ0v) is 4.87. The lowest BCUT2D eigenvalue weighted by Crippen LogP contribution is -1.99. The largest absolute Gasteiger partial charge is 0.389 e. The first-order chi connectivity index (χ1) is 3.77. The third-order valence-electron chi connectivity index (χ3n) is 0.607. The fourth-order valence-electron chi connectivity index (χ4n) is 0.308. The van der Waals surface area contributed by atoms with E-state index in [-0.39, 0.29) is 0 Å². The number of hydrogen-bond acceptors (Lipinski definition) is 3. The van der Waals surface area contributed by atoms with Crippen molar-refractivity contribution in [1.29, 1.82) is 0 Å². The fourth-order valence-corrected chi connectivity index (χ4v) is 0.308. The average Bonchev–Trinajstić information content (AvgIpc) is 1.66. The standard InChI is InChI=1S/C5H11NO2/c1-5(7)3-2-4-8-6/h2-3,5,7H,4,6H2,1H3/b3-2+. The maximum absolute atomic E-state index is 8.60. The van der Waals surface area contributed by atoms with Crippen LogP contribution in [0.4, 0.5) is 0 Å². The highest BCUT2D eigenvalue weighted by molar-refractivity contribution is 4.85. The van der Waals surface area contributed by atoms with Crippen LogP contribution in [0.5, 0.6) is 0 Å².